The number of aromatic amines is 1. The molecule has 4 aromatic rings. The molecule has 2 N–H and O–H groups in total. The average molecular weight is 554 g/mol. The molecule has 0 radical (unpaired) electrons. The van der Waals surface area contributed by atoms with Gasteiger partial charge in [0.15, 0.2) is 11.6 Å². The molecule has 0 saturated carbocycles. The number of pyridine rings is 2. The number of nitriles is 1. The van der Waals surface area contributed by atoms with Crippen LogP contribution in [0.3, 0.4) is 0 Å². The van der Waals surface area contributed by atoms with Gasteiger partial charge < -0.3 is 15.0 Å². The summed E-state index contributed by atoms with van der Waals surface area (Å²) in [7, 11) is 0. The zero-order valence-electron chi connectivity index (χ0n) is 21.3. The highest BCUT2D eigenvalue weighted by Gasteiger charge is 2.40. The van der Waals surface area contributed by atoms with E-state index in [4.69, 9.17) is 27.9 Å². The summed E-state index contributed by atoms with van der Waals surface area (Å²) in [5.41, 5.74) is 2.21. The van der Waals surface area contributed by atoms with Crippen LogP contribution < -0.4 is 15.0 Å². The summed E-state index contributed by atoms with van der Waals surface area (Å²) >= 11 is 12.5. The van der Waals surface area contributed by atoms with Gasteiger partial charge in [-0.15, -0.1) is 0 Å². The molecule has 1 aliphatic heterocycles. The number of halogens is 3. The van der Waals surface area contributed by atoms with Gasteiger partial charge in [0.05, 0.1) is 32.1 Å². The van der Waals surface area contributed by atoms with Crippen LogP contribution in [0.5, 0.6) is 5.75 Å². The molecule has 0 spiro atoms. The monoisotopic (exact) mass is 553 g/mol. The SMILES string of the molecule is CC(C)NC1(C)CN(c2ncc(-c3n[nH]c4ccc(O[C@H](C)c5c(Cl)cncc5Cl)c(F)c34)cc2C#N)C1. The first kappa shape index (κ1) is 26.2. The molecule has 5 rings (SSSR count). The van der Waals surface area contributed by atoms with Crippen molar-refractivity contribution < 1.29 is 9.13 Å². The van der Waals surface area contributed by atoms with Gasteiger partial charge in [-0.25, -0.2) is 9.37 Å². The van der Waals surface area contributed by atoms with E-state index >= 15 is 4.39 Å². The molecule has 8 nitrogen and oxygen atoms in total. The molecular weight excluding hydrogens is 528 g/mol. The third-order valence-corrected chi connectivity index (χ3v) is 7.11. The van der Waals surface area contributed by atoms with Gasteiger partial charge in [0.2, 0.25) is 0 Å². The van der Waals surface area contributed by atoms with Crippen LogP contribution in [0, 0.1) is 17.1 Å². The number of benzene rings is 1. The number of fused-ring (bicyclic) bond motifs is 1. The van der Waals surface area contributed by atoms with Crippen LogP contribution >= 0.6 is 23.2 Å². The van der Waals surface area contributed by atoms with E-state index in [0.717, 1.165) is 13.1 Å². The molecule has 3 aromatic heterocycles. The standard InChI is InChI=1S/C27H26Cl2FN7O/c1-14(2)34-27(4)12-37(13-27)26-16(8-31)7-17(9-33-26)25-23-20(35-36-25)5-6-21(24(23)30)38-15(3)22-18(28)10-32-11-19(22)29/h5-7,9-11,14-15,34H,12-13H2,1-4H3,(H,35,36)/t15-/m1/s1. The molecule has 0 aliphatic carbocycles. The number of hydrogen-bond donors (Lipinski definition) is 2. The fourth-order valence-corrected chi connectivity index (χ4v) is 5.74. The Morgan fingerprint density at radius 2 is 1.89 bits per heavy atom. The Morgan fingerprint density at radius 3 is 2.55 bits per heavy atom. The largest absolute Gasteiger partial charge is 0.483 e. The lowest BCUT2D eigenvalue weighted by Crippen LogP contribution is -2.69. The lowest BCUT2D eigenvalue weighted by atomic mass is 9.90. The highest BCUT2D eigenvalue weighted by Crippen LogP contribution is 2.38. The van der Waals surface area contributed by atoms with Crippen LogP contribution in [0.1, 0.15) is 44.9 Å². The van der Waals surface area contributed by atoms with Gasteiger partial charge in [-0.2, -0.15) is 10.4 Å². The van der Waals surface area contributed by atoms with E-state index in [1.54, 1.807) is 25.3 Å². The first-order valence-corrected chi connectivity index (χ1v) is 12.9. The fourth-order valence-electron chi connectivity index (χ4n) is 5.07. The molecule has 1 aromatic carbocycles. The van der Waals surface area contributed by atoms with Gasteiger partial charge in [-0.3, -0.25) is 10.1 Å². The minimum atomic E-state index is -0.640. The summed E-state index contributed by atoms with van der Waals surface area (Å²) in [6.07, 6.45) is 3.89. The molecule has 1 aliphatic rings. The van der Waals surface area contributed by atoms with Crippen molar-refractivity contribution in [2.45, 2.75) is 45.4 Å². The van der Waals surface area contributed by atoms with Crippen molar-refractivity contribution in [3.8, 4) is 23.1 Å². The number of anilines is 1. The van der Waals surface area contributed by atoms with Crippen LogP contribution in [-0.4, -0.2) is 44.8 Å². The maximum absolute atomic E-state index is 15.8. The molecule has 196 valence electrons. The maximum Gasteiger partial charge on any atom is 0.176 e. The number of rotatable bonds is 7. The number of nitrogens with zero attached hydrogens (tertiary/aromatic N) is 5. The Bertz CT molecular complexity index is 1540. The summed E-state index contributed by atoms with van der Waals surface area (Å²) in [6, 6.07) is 7.48. The summed E-state index contributed by atoms with van der Waals surface area (Å²) in [5, 5.41) is 21.5. The molecule has 1 saturated heterocycles. The Morgan fingerprint density at radius 1 is 1.18 bits per heavy atom. The van der Waals surface area contributed by atoms with Crippen molar-refractivity contribution in [2.24, 2.45) is 0 Å². The highest BCUT2D eigenvalue weighted by molar-refractivity contribution is 6.35. The van der Waals surface area contributed by atoms with Crippen LogP contribution in [0.2, 0.25) is 10.0 Å². The molecular formula is C27H26Cl2FN7O. The number of H-pyrrole nitrogens is 1. The average Bonchev–Trinajstić information content (AvgIpc) is 3.28. The fraction of sp³-hybridized carbons (Fsp3) is 0.333. The van der Waals surface area contributed by atoms with E-state index in [1.807, 2.05) is 0 Å². The maximum atomic E-state index is 15.8. The van der Waals surface area contributed by atoms with Crippen molar-refractivity contribution >= 4 is 39.9 Å². The minimum Gasteiger partial charge on any atom is -0.483 e. The van der Waals surface area contributed by atoms with Gasteiger partial charge in [0, 0.05) is 48.8 Å². The van der Waals surface area contributed by atoms with Gasteiger partial charge in [-0.05, 0) is 32.0 Å². The van der Waals surface area contributed by atoms with Gasteiger partial charge in [0.25, 0.3) is 0 Å². The van der Waals surface area contributed by atoms with E-state index in [0.29, 0.717) is 49.8 Å². The second-order valence-corrected chi connectivity index (χ2v) is 10.9. The van der Waals surface area contributed by atoms with Crippen molar-refractivity contribution in [1.29, 1.82) is 5.26 Å². The van der Waals surface area contributed by atoms with E-state index in [-0.39, 0.29) is 16.7 Å². The van der Waals surface area contributed by atoms with Crippen LogP contribution in [-0.2, 0) is 0 Å². The van der Waals surface area contributed by atoms with Gasteiger partial charge in [0.1, 0.15) is 23.7 Å². The van der Waals surface area contributed by atoms with Gasteiger partial charge in [-0.1, -0.05) is 37.0 Å². The van der Waals surface area contributed by atoms with E-state index < -0.39 is 11.9 Å². The second-order valence-electron chi connectivity index (χ2n) is 10.1. The van der Waals surface area contributed by atoms with Crippen molar-refractivity contribution in [3.63, 3.8) is 0 Å². The van der Waals surface area contributed by atoms with Crippen LogP contribution in [0.4, 0.5) is 10.2 Å². The first-order chi connectivity index (χ1) is 18.1. The smallest absolute Gasteiger partial charge is 0.176 e. The summed E-state index contributed by atoms with van der Waals surface area (Å²) in [5.74, 6) is 0.0167. The van der Waals surface area contributed by atoms with Crippen molar-refractivity contribution in [2.75, 3.05) is 18.0 Å². The molecule has 0 unspecified atom stereocenters. The Balaban J connectivity index is 1.46. The molecule has 0 amide bonds. The predicted molar refractivity (Wildman–Crippen MR) is 146 cm³/mol. The molecule has 38 heavy (non-hydrogen) atoms. The quantitative estimate of drug-likeness (QED) is 0.287. The molecule has 0 bridgehead atoms. The predicted octanol–water partition coefficient (Wildman–Crippen LogP) is 6.05. The normalized spacial score (nSPS) is 15.4. The highest BCUT2D eigenvalue weighted by atomic mass is 35.5. The molecule has 11 heteroatoms. The third kappa shape index (κ3) is 4.75. The third-order valence-electron chi connectivity index (χ3n) is 6.51. The van der Waals surface area contributed by atoms with E-state index in [9.17, 15) is 5.26 Å². The first-order valence-electron chi connectivity index (χ1n) is 12.2. The van der Waals surface area contributed by atoms with Crippen LogP contribution in [0.25, 0.3) is 22.2 Å². The van der Waals surface area contributed by atoms with Crippen molar-refractivity contribution in [3.05, 3.63) is 63.8 Å². The Labute approximate surface area is 229 Å². The summed E-state index contributed by atoms with van der Waals surface area (Å²) < 4.78 is 21.7. The summed E-state index contributed by atoms with van der Waals surface area (Å²) in [4.78, 5) is 10.6. The summed E-state index contributed by atoms with van der Waals surface area (Å²) in [6.45, 7) is 9.56. The van der Waals surface area contributed by atoms with Crippen LogP contribution in [0.15, 0.2) is 36.8 Å². The zero-order chi connectivity index (χ0) is 27.2. The molecule has 4 heterocycles. The molecule has 1 fully saturated rings. The van der Waals surface area contributed by atoms with Crippen molar-refractivity contribution in [1.82, 2.24) is 25.5 Å². The Hall–Kier alpha value is -3.45. The zero-order valence-corrected chi connectivity index (χ0v) is 22.8. The number of nitrogens with one attached hydrogen (secondary N) is 2. The van der Waals surface area contributed by atoms with Gasteiger partial charge >= 0.3 is 0 Å². The lowest BCUT2D eigenvalue weighted by molar-refractivity contribution is 0.217. The minimum absolute atomic E-state index is 0.0131. The van der Waals surface area contributed by atoms with E-state index in [2.05, 4.69) is 57.2 Å². The topological polar surface area (TPSA) is 103 Å². The Kier molecular flexibility index (Phi) is 6.90. The lowest BCUT2D eigenvalue weighted by Gasteiger charge is -2.50. The van der Waals surface area contributed by atoms with E-state index in [1.165, 1.54) is 18.5 Å². The number of ether oxygens (including phenoxy) is 1. The molecule has 1 atom stereocenters. The number of aromatic nitrogens is 4. The number of hydrogen-bond acceptors (Lipinski definition) is 7. The second kappa shape index (κ2) is 10.0.